The number of fused-ring (bicyclic) bond motifs is 2. The van der Waals surface area contributed by atoms with Crippen LogP contribution in [0.15, 0.2) is 94.1 Å². The minimum absolute atomic E-state index is 0.150. The van der Waals surface area contributed by atoms with Crippen molar-refractivity contribution in [3.63, 3.8) is 0 Å². The van der Waals surface area contributed by atoms with Gasteiger partial charge in [0.2, 0.25) is 5.91 Å². The summed E-state index contributed by atoms with van der Waals surface area (Å²) in [5.74, 6) is -0.169. The fourth-order valence-corrected chi connectivity index (χ4v) is 5.00. The molecule has 1 amide bonds. The monoisotopic (exact) mass is 477 g/mol. The number of benzene rings is 2. The van der Waals surface area contributed by atoms with Crippen molar-refractivity contribution in [2.75, 3.05) is 0 Å². The molecule has 4 aromatic rings. The Labute approximate surface area is 206 Å². The van der Waals surface area contributed by atoms with Crippen LogP contribution in [0.2, 0.25) is 0 Å². The van der Waals surface area contributed by atoms with Crippen LogP contribution in [-0.2, 0) is 11.8 Å². The molecular formula is C28H23N5O3. The molecule has 6 rings (SSSR count). The van der Waals surface area contributed by atoms with Gasteiger partial charge in [0.15, 0.2) is 0 Å². The Hall–Kier alpha value is -4.72. The van der Waals surface area contributed by atoms with Crippen molar-refractivity contribution in [1.29, 1.82) is 0 Å². The summed E-state index contributed by atoms with van der Waals surface area (Å²) < 4.78 is 4.59. The van der Waals surface area contributed by atoms with E-state index >= 15 is 0 Å². The zero-order valence-corrected chi connectivity index (χ0v) is 19.8. The smallest absolute Gasteiger partial charge is 0.296 e. The maximum absolute atomic E-state index is 13.9. The van der Waals surface area contributed by atoms with Gasteiger partial charge in [-0.15, -0.1) is 0 Å². The first kappa shape index (κ1) is 21.8. The van der Waals surface area contributed by atoms with Gasteiger partial charge < -0.3 is 5.32 Å². The van der Waals surface area contributed by atoms with Crippen LogP contribution in [0.3, 0.4) is 0 Å². The largest absolute Gasteiger partial charge is 0.345 e. The number of carbonyl (C=O) groups is 1. The van der Waals surface area contributed by atoms with Gasteiger partial charge in [-0.25, -0.2) is 9.67 Å². The van der Waals surface area contributed by atoms with Crippen LogP contribution >= 0.6 is 0 Å². The Kier molecular flexibility index (Phi) is 4.96. The zero-order valence-electron chi connectivity index (χ0n) is 19.8. The highest BCUT2D eigenvalue weighted by Crippen LogP contribution is 2.29. The Balaban J connectivity index is 1.66. The lowest BCUT2D eigenvalue weighted by Gasteiger charge is -2.15. The number of amides is 1. The van der Waals surface area contributed by atoms with Gasteiger partial charge in [-0.2, -0.15) is 0 Å². The molecule has 0 radical (unpaired) electrons. The van der Waals surface area contributed by atoms with Gasteiger partial charge >= 0.3 is 0 Å². The van der Waals surface area contributed by atoms with Crippen LogP contribution in [0.4, 0.5) is 0 Å². The molecule has 8 nitrogen and oxygen atoms in total. The number of nitrogens with one attached hydrogen (secondary N) is 1. The fraction of sp³-hybridized carbons (Fsp3) is 0.143. The van der Waals surface area contributed by atoms with Crippen LogP contribution in [0.25, 0.3) is 28.4 Å². The van der Waals surface area contributed by atoms with Gasteiger partial charge in [0.25, 0.3) is 11.1 Å². The molecule has 2 aromatic carbocycles. The van der Waals surface area contributed by atoms with Gasteiger partial charge in [-0.05, 0) is 37.3 Å². The minimum Gasteiger partial charge on any atom is -0.345 e. The maximum Gasteiger partial charge on any atom is 0.296 e. The van der Waals surface area contributed by atoms with Crippen LogP contribution < -0.4 is 16.4 Å². The number of para-hydroxylation sites is 2. The lowest BCUT2D eigenvalue weighted by molar-refractivity contribution is -0.116. The molecule has 0 saturated carbocycles. The first-order valence-electron chi connectivity index (χ1n) is 11.7. The molecule has 2 unspecified atom stereocenters. The third-order valence-corrected chi connectivity index (χ3v) is 6.89. The molecule has 1 fully saturated rings. The number of nitrogens with zero attached hydrogens (tertiary/aromatic N) is 4. The highest BCUT2D eigenvalue weighted by molar-refractivity contribution is 6.01. The molecule has 1 aliphatic heterocycles. The highest BCUT2D eigenvalue weighted by atomic mass is 16.2. The zero-order chi connectivity index (χ0) is 25.0. The lowest BCUT2D eigenvalue weighted by Crippen LogP contribution is -2.29. The number of aromatic nitrogens is 4. The van der Waals surface area contributed by atoms with Crippen LogP contribution in [-0.4, -0.2) is 30.9 Å². The molecule has 1 aliphatic carbocycles. The molecule has 3 heterocycles. The topological polar surface area (TPSA) is 90.9 Å². The van der Waals surface area contributed by atoms with Gasteiger partial charge in [0, 0.05) is 18.5 Å². The van der Waals surface area contributed by atoms with Crippen LogP contribution in [0.5, 0.6) is 0 Å². The second-order valence-electron chi connectivity index (χ2n) is 8.93. The molecule has 2 aromatic heterocycles. The molecule has 0 bridgehead atoms. The number of hydrogen-bond donors (Lipinski definition) is 1. The number of allylic oxidation sites excluding steroid dienone is 2. The summed E-state index contributed by atoms with van der Waals surface area (Å²) in [5.41, 5.74) is 1.74. The van der Waals surface area contributed by atoms with E-state index in [1.165, 1.54) is 9.25 Å². The average molecular weight is 478 g/mol. The van der Waals surface area contributed by atoms with E-state index in [4.69, 9.17) is 4.98 Å². The van der Waals surface area contributed by atoms with E-state index in [1.807, 2.05) is 54.6 Å². The normalized spacial score (nSPS) is 19.7. The van der Waals surface area contributed by atoms with Gasteiger partial charge in [0.1, 0.15) is 11.5 Å². The van der Waals surface area contributed by atoms with E-state index < -0.39 is 0 Å². The number of carbonyl (C=O) groups excluding carboxylic acids is 1. The van der Waals surface area contributed by atoms with Crippen molar-refractivity contribution >= 4 is 22.9 Å². The molecule has 1 N–H and O–H groups in total. The summed E-state index contributed by atoms with van der Waals surface area (Å²) in [6.45, 7) is 1.79. The highest BCUT2D eigenvalue weighted by Gasteiger charge is 2.35. The summed E-state index contributed by atoms with van der Waals surface area (Å²) in [4.78, 5) is 45.3. The van der Waals surface area contributed by atoms with Crippen molar-refractivity contribution in [1.82, 2.24) is 24.2 Å². The predicted molar refractivity (Wildman–Crippen MR) is 138 cm³/mol. The third-order valence-electron chi connectivity index (χ3n) is 6.89. The van der Waals surface area contributed by atoms with Crippen molar-refractivity contribution < 1.29 is 4.79 Å². The molecule has 1 saturated heterocycles. The van der Waals surface area contributed by atoms with E-state index in [9.17, 15) is 14.4 Å². The van der Waals surface area contributed by atoms with E-state index in [-0.39, 0.29) is 40.5 Å². The summed E-state index contributed by atoms with van der Waals surface area (Å²) in [6, 6.07) is 16.1. The molecule has 178 valence electrons. The summed E-state index contributed by atoms with van der Waals surface area (Å²) in [7, 11) is 1.78. The lowest BCUT2D eigenvalue weighted by atomic mass is 9.92. The first-order valence-corrected chi connectivity index (χ1v) is 11.7. The average Bonchev–Trinajstić information content (AvgIpc) is 3.32. The predicted octanol–water partition coefficient (Wildman–Crippen LogP) is 2.81. The summed E-state index contributed by atoms with van der Waals surface area (Å²) in [6.07, 6.45) is 9.32. The van der Waals surface area contributed by atoms with Gasteiger partial charge in [-0.3, -0.25) is 23.6 Å². The van der Waals surface area contributed by atoms with Gasteiger partial charge in [-0.1, -0.05) is 54.6 Å². The molecular weight excluding hydrogens is 454 g/mol. The maximum atomic E-state index is 13.9. The van der Waals surface area contributed by atoms with Crippen molar-refractivity contribution in [3.8, 4) is 11.4 Å². The standard InChI is InChI=1S/C28H23N5O3/c1-17-25(28(36)33(31(17)2)18-10-4-3-5-11-18)32-24(29-23-15-9-7-13-20(23)27(32)35)16-21-19-12-6-8-14-22(19)30-26(21)34/h3-16,19,22H,1-2H3,(H,30,34). The minimum atomic E-state index is -0.368. The second-order valence-corrected chi connectivity index (χ2v) is 8.93. The number of rotatable bonds is 3. The van der Waals surface area contributed by atoms with Crippen LogP contribution in [0, 0.1) is 12.8 Å². The summed E-state index contributed by atoms with van der Waals surface area (Å²) in [5, 5.41) is 3.36. The van der Waals surface area contributed by atoms with E-state index in [0.717, 1.165) is 0 Å². The van der Waals surface area contributed by atoms with E-state index in [1.54, 1.807) is 49.0 Å². The Morgan fingerprint density at radius 2 is 1.64 bits per heavy atom. The van der Waals surface area contributed by atoms with E-state index in [2.05, 4.69) is 5.32 Å². The van der Waals surface area contributed by atoms with Crippen molar-refractivity contribution in [2.24, 2.45) is 13.0 Å². The SMILES string of the molecule is Cc1c(-n2c(C=C3C(=O)NC4C=CC=CC34)nc3ccccc3c2=O)c(=O)n(-c2ccccc2)n1C. The van der Waals surface area contributed by atoms with Gasteiger partial charge in [0.05, 0.1) is 28.3 Å². The fourth-order valence-electron chi connectivity index (χ4n) is 5.00. The Morgan fingerprint density at radius 1 is 0.917 bits per heavy atom. The van der Waals surface area contributed by atoms with E-state index in [0.29, 0.717) is 27.9 Å². The summed E-state index contributed by atoms with van der Waals surface area (Å²) >= 11 is 0. The molecule has 36 heavy (non-hydrogen) atoms. The quantitative estimate of drug-likeness (QED) is 0.460. The molecule has 2 atom stereocenters. The third kappa shape index (κ3) is 3.22. The van der Waals surface area contributed by atoms with Crippen molar-refractivity contribution in [2.45, 2.75) is 13.0 Å². The Bertz CT molecular complexity index is 1750. The van der Waals surface area contributed by atoms with Crippen LogP contribution in [0.1, 0.15) is 11.5 Å². The van der Waals surface area contributed by atoms with Crippen molar-refractivity contribution in [3.05, 3.63) is 117 Å². The molecule has 8 heteroatoms. The Morgan fingerprint density at radius 3 is 2.44 bits per heavy atom. The second kappa shape index (κ2) is 8.20. The number of hydrogen-bond acceptors (Lipinski definition) is 4. The molecule has 2 aliphatic rings. The molecule has 0 spiro atoms. The first-order chi connectivity index (χ1) is 17.5.